The zero-order chi connectivity index (χ0) is 18.4. The van der Waals surface area contributed by atoms with Gasteiger partial charge in [0, 0.05) is 5.56 Å². The molecule has 0 bridgehead atoms. The number of hydrogen-bond donors (Lipinski definition) is 2. The monoisotopic (exact) mass is 382 g/mol. The summed E-state index contributed by atoms with van der Waals surface area (Å²) >= 11 is 3.06. The molecule has 1 aromatic carbocycles. The maximum Gasteiger partial charge on any atom is 0.280 e. The number of nitriles is 1. The lowest BCUT2D eigenvalue weighted by molar-refractivity contribution is -0.675. The minimum absolute atomic E-state index is 0.0884. The van der Waals surface area contributed by atoms with Gasteiger partial charge in [-0.05, 0) is 34.9 Å². The van der Waals surface area contributed by atoms with Gasteiger partial charge in [-0.3, -0.25) is 4.79 Å². The lowest BCUT2D eigenvalue weighted by Gasteiger charge is -2.15. The second-order valence-corrected chi connectivity index (χ2v) is 7.75. The molecule has 0 aliphatic rings. The van der Waals surface area contributed by atoms with Gasteiger partial charge >= 0.3 is 0 Å². The summed E-state index contributed by atoms with van der Waals surface area (Å²) in [6, 6.07) is 16.6. The average molecular weight is 383 g/mol. The Bertz CT molecular complexity index is 892. The molecule has 0 unspecified atom stereocenters. The summed E-state index contributed by atoms with van der Waals surface area (Å²) in [7, 11) is 0. The third kappa shape index (κ3) is 4.38. The summed E-state index contributed by atoms with van der Waals surface area (Å²) in [5.74, 6) is -0.101. The van der Waals surface area contributed by atoms with Crippen LogP contribution in [0.4, 0.5) is 5.00 Å². The van der Waals surface area contributed by atoms with Gasteiger partial charge in [0.2, 0.25) is 0 Å². The van der Waals surface area contributed by atoms with Crippen LogP contribution in [0.5, 0.6) is 0 Å². The van der Waals surface area contributed by atoms with Crippen molar-refractivity contribution in [1.29, 1.82) is 5.26 Å². The van der Waals surface area contributed by atoms with E-state index in [1.165, 1.54) is 27.3 Å². The lowest BCUT2D eigenvalue weighted by atomic mass is 10.0. The molecule has 0 spiro atoms. The number of thiophene rings is 2. The topological polar surface area (TPSA) is 69.5 Å². The molecule has 3 rings (SSSR count). The molecule has 0 aliphatic carbocycles. The normalized spacial score (nSPS) is 11.7. The van der Waals surface area contributed by atoms with E-state index in [1.54, 1.807) is 17.4 Å². The lowest BCUT2D eigenvalue weighted by Crippen LogP contribution is -2.87. The van der Waals surface area contributed by atoms with Crippen LogP contribution < -0.4 is 10.6 Å². The third-order valence-corrected chi connectivity index (χ3v) is 5.96. The predicted molar refractivity (Wildman–Crippen MR) is 106 cm³/mol. The first-order valence-electron chi connectivity index (χ1n) is 8.44. The molecule has 3 aromatic rings. The van der Waals surface area contributed by atoms with Gasteiger partial charge in [-0.25, -0.2) is 0 Å². The van der Waals surface area contributed by atoms with Crippen molar-refractivity contribution in [2.75, 3.05) is 11.9 Å². The number of carbonyl (C=O) groups is 1. The molecule has 2 heterocycles. The molecule has 26 heavy (non-hydrogen) atoms. The molecule has 0 saturated carbocycles. The molecule has 0 saturated heterocycles. The van der Waals surface area contributed by atoms with Crippen molar-refractivity contribution < 1.29 is 10.1 Å². The van der Waals surface area contributed by atoms with Gasteiger partial charge in [0.05, 0.1) is 10.4 Å². The molecule has 0 fully saturated rings. The number of nitrogens with zero attached hydrogens (tertiary/aromatic N) is 1. The summed E-state index contributed by atoms with van der Waals surface area (Å²) in [4.78, 5) is 13.6. The first-order valence-corrected chi connectivity index (χ1v) is 10.2. The maximum absolute atomic E-state index is 12.3. The molecule has 2 aromatic heterocycles. The quantitative estimate of drug-likeness (QED) is 0.656. The van der Waals surface area contributed by atoms with E-state index in [0.29, 0.717) is 17.1 Å². The van der Waals surface area contributed by atoms with Crippen molar-refractivity contribution in [3.8, 4) is 6.07 Å². The van der Waals surface area contributed by atoms with Crippen molar-refractivity contribution in [2.24, 2.45) is 0 Å². The molecule has 1 atom stereocenters. The van der Waals surface area contributed by atoms with Gasteiger partial charge in [-0.1, -0.05) is 37.3 Å². The average Bonchev–Trinajstić information content (AvgIpc) is 3.34. The van der Waals surface area contributed by atoms with E-state index in [9.17, 15) is 4.79 Å². The van der Waals surface area contributed by atoms with E-state index in [4.69, 9.17) is 5.26 Å². The van der Waals surface area contributed by atoms with Crippen LogP contribution in [0.1, 0.15) is 34.5 Å². The van der Waals surface area contributed by atoms with Gasteiger partial charge in [0.25, 0.3) is 5.91 Å². The summed E-state index contributed by atoms with van der Waals surface area (Å²) in [6.45, 7) is 2.43. The van der Waals surface area contributed by atoms with E-state index in [2.05, 4.69) is 54.0 Å². The number of carbonyl (C=O) groups excluding carboxylic acids is 1. The predicted octanol–water partition coefficient (Wildman–Crippen LogP) is 3.54. The number of nitrogens with one attached hydrogen (secondary N) is 1. The summed E-state index contributed by atoms with van der Waals surface area (Å²) in [5, 5.41) is 18.4. The first-order chi connectivity index (χ1) is 12.7. The minimum atomic E-state index is -0.101. The fourth-order valence-electron chi connectivity index (χ4n) is 2.74. The first kappa shape index (κ1) is 18.3. The largest absolute Gasteiger partial charge is 0.328 e. The smallest absolute Gasteiger partial charge is 0.280 e. The second-order valence-electron chi connectivity index (χ2n) is 5.85. The highest BCUT2D eigenvalue weighted by molar-refractivity contribution is 7.14. The van der Waals surface area contributed by atoms with E-state index in [0.717, 1.165) is 6.42 Å². The highest BCUT2D eigenvalue weighted by Gasteiger charge is 2.20. The van der Waals surface area contributed by atoms with E-state index in [-0.39, 0.29) is 11.9 Å². The van der Waals surface area contributed by atoms with Crippen molar-refractivity contribution in [3.05, 3.63) is 74.8 Å². The van der Waals surface area contributed by atoms with Gasteiger partial charge in [0.1, 0.15) is 17.1 Å². The summed E-state index contributed by atoms with van der Waals surface area (Å²) in [5.41, 5.74) is 3.00. The number of nitrogens with two attached hydrogens (primary N) is 1. The number of hydrogen-bond acceptors (Lipinski definition) is 4. The zero-order valence-electron chi connectivity index (χ0n) is 14.4. The standard InChI is InChI=1S/C20H19N3OS2/c1-2-14-5-7-15(8-6-14)19(17-4-3-10-25-17)22-13-18(24)23-20-16(12-21)9-11-26-20/h3-11,19,22H,2,13H2,1H3,(H,23,24)/p+1/t19-/m0/s1. The zero-order valence-corrected chi connectivity index (χ0v) is 16.1. The molecule has 1 amide bonds. The van der Waals surface area contributed by atoms with E-state index >= 15 is 0 Å². The fourth-order valence-corrected chi connectivity index (χ4v) is 4.35. The number of anilines is 1. The van der Waals surface area contributed by atoms with Crippen molar-refractivity contribution in [3.63, 3.8) is 0 Å². The van der Waals surface area contributed by atoms with Crippen LogP contribution in [-0.2, 0) is 11.2 Å². The van der Waals surface area contributed by atoms with Crippen LogP contribution in [-0.4, -0.2) is 12.5 Å². The second kappa shape index (κ2) is 8.77. The Balaban J connectivity index is 1.70. The van der Waals surface area contributed by atoms with E-state index in [1.807, 2.05) is 16.8 Å². The number of aryl methyl sites for hydroxylation is 1. The Morgan fingerprint density at radius 1 is 1.19 bits per heavy atom. The summed E-state index contributed by atoms with van der Waals surface area (Å²) < 4.78 is 0. The highest BCUT2D eigenvalue weighted by Crippen LogP contribution is 2.24. The molecule has 3 N–H and O–H groups in total. The van der Waals surface area contributed by atoms with Gasteiger partial charge < -0.3 is 10.6 Å². The van der Waals surface area contributed by atoms with Crippen molar-refractivity contribution >= 4 is 33.6 Å². The molecule has 0 radical (unpaired) electrons. The Hall–Kier alpha value is -2.46. The van der Waals surface area contributed by atoms with Gasteiger partial charge in [-0.2, -0.15) is 5.26 Å². The number of benzene rings is 1. The Labute approximate surface area is 161 Å². The van der Waals surface area contributed by atoms with Crippen LogP contribution in [0.25, 0.3) is 0 Å². The van der Waals surface area contributed by atoms with Crippen LogP contribution in [0.2, 0.25) is 0 Å². The van der Waals surface area contributed by atoms with Gasteiger partial charge in [-0.15, -0.1) is 22.7 Å². The highest BCUT2D eigenvalue weighted by atomic mass is 32.1. The number of rotatable bonds is 7. The Morgan fingerprint density at radius 3 is 2.65 bits per heavy atom. The SMILES string of the molecule is CCc1ccc([C@H]([NH2+]CC(=O)Nc2sccc2C#N)c2cccs2)cc1. The Morgan fingerprint density at radius 2 is 2.00 bits per heavy atom. The molecule has 6 heteroatoms. The molecule has 0 aliphatic heterocycles. The Kier molecular flexibility index (Phi) is 6.18. The van der Waals surface area contributed by atoms with Crippen LogP contribution in [0.3, 0.4) is 0 Å². The third-order valence-electron chi connectivity index (χ3n) is 4.17. The van der Waals surface area contributed by atoms with Crippen LogP contribution in [0, 0.1) is 11.3 Å². The molecule has 4 nitrogen and oxygen atoms in total. The maximum atomic E-state index is 12.3. The van der Waals surface area contributed by atoms with Crippen molar-refractivity contribution in [1.82, 2.24) is 0 Å². The molecule has 132 valence electrons. The van der Waals surface area contributed by atoms with E-state index < -0.39 is 0 Å². The molecular weight excluding hydrogens is 362 g/mol. The minimum Gasteiger partial charge on any atom is -0.328 e. The summed E-state index contributed by atoms with van der Waals surface area (Å²) in [6.07, 6.45) is 1.01. The number of quaternary nitrogens is 1. The van der Waals surface area contributed by atoms with Gasteiger partial charge in [0.15, 0.2) is 6.54 Å². The fraction of sp³-hybridized carbons (Fsp3) is 0.200. The number of amides is 1. The molecular formula is C20H20N3OS2+. The van der Waals surface area contributed by atoms with Crippen molar-refractivity contribution in [2.45, 2.75) is 19.4 Å². The van der Waals surface area contributed by atoms with Crippen LogP contribution >= 0.6 is 22.7 Å². The van der Waals surface area contributed by atoms with Crippen LogP contribution in [0.15, 0.2) is 53.2 Å².